The monoisotopic (exact) mass is 532 g/mol. The van der Waals surface area contributed by atoms with E-state index in [1.165, 1.54) is 21.9 Å². The molecule has 1 heterocycles. The van der Waals surface area contributed by atoms with Crippen molar-refractivity contribution in [1.82, 2.24) is 4.57 Å². The van der Waals surface area contributed by atoms with E-state index in [-0.39, 0.29) is 10.8 Å². The fraction of sp³-hybridized carbons (Fsp3) is 0.205. The van der Waals surface area contributed by atoms with Crippen LogP contribution in [0.15, 0.2) is 109 Å². The first kappa shape index (κ1) is 26.6. The van der Waals surface area contributed by atoms with E-state index in [0.29, 0.717) is 5.56 Å². The molecule has 0 aliphatic heterocycles. The molecule has 0 saturated carbocycles. The van der Waals surface area contributed by atoms with Crippen LogP contribution >= 0.6 is 0 Å². The summed E-state index contributed by atoms with van der Waals surface area (Å²) in [7, 11) is 0. The van der Waals surface area contributed by atoms with Gasteiger partial charge in [0.15, 0.2) is 0 Å². The average molecular weight is 533 g/mol. The second kappa shape index (κ2) is 9.79. The van der Waals surface area contributed by atoms with E-state index in [1.807, 2.05) is 30.3 Å². The lowest BCUT2D eigenvalue weighted by atomic mass is 9.85. The van der Waals surface area contributed by atoms with Crippen molar-refractivity contribution in [3.8, 4) is 34.0 Å². The van der Waals surface area contributed by atoms with Crippen LogP contribution in [0.2, 0.25) is 0 Å². The van der Waals surface area contributed by atoms with Crippen molar-refractivity contribution in [2.75, 3.05) is 0 Å². The lowest BCUT2D eigenvalue weighted by Crippen LogP contribution is -2.10. The molecular weight excluding hydrogens is 496 g/mol. The van der Waals surface area contributed by atoms with E-state index in [1.54, 1.807) is 0 Å². The highest BCUT2D eigenvalue weighted by Gasteiger charge is 2.23. The van der Waals surface area contributed by atoms with Crippen LogP contribution in [-0.2, 0) is 10.8 Å². The zero-order chi connectivity index (χ0) is 28.9. The minimum absolute atomic E-state index is 0.0284. The Bertz CT molecular complexity index is 1870. The summed E-state index contributed by atoms with van der Waals surface area (Å²) in [5, 5.41) is 13.0. The zero-order valence-electron chi connectivity index (χ0n) is 24.8. The normalized spacial score (nSPS) is 12.1. The second-order valence-corrected chi connectivity index (χ2v) is 13.1. The summed E-state index contributed by atoms with van der Waals surface area (Å²) >= 11 is 0. The van der Waals surface area contributed by atoms with Gasteiger partial charge >= 0.3 is 0 Å². The number of aromatic nitrogens is 1. The smallest absolute Gasteiger partial charge is 0.0999 e. The number of benzene rings is 5. The van der Waals surface area contributed by atoms with Gasteiger partial charge in [-0.25, -0.2) is 0 Å². The maximum Gasteiger partial charge on any atom is 0.0999 e. The Labute approximate surface area is 243 Å². The second-order valence-electron chi connectivity index (χ2n) is 13.1. The lowest BCUT2D eigenvalue weighted by molar-refractivity contribution is 0.590. The molecule has 0 atom stereocenters. The maximum atomic E-state index is 10.5. The van der Waals surface area contributed by atoms with Gasteiger partial charge in [0.25, 0.3) is 0 Å². The topological polar surface area (TPSA) is 28.7 Å². The van der Waals surface area contributed by atoms with Gasteiger partial charge in [-0.3, -0.25) is 0 Å². The Hall–Kier alpha value is -4.61. The quantitative estimate of drug-likeness (QED) is 0.223. The van der Waals surface area contributed by atoms with Crippen molar-refractivity contribution in [2.45, 2.75) is 52.4 Å². The average Bonchev–Trinajstić information content (AvgIpc) is 3.29. The van der Waals surface area contributed by atoms with Gasteiger partial charge in [-0.1, -0.05) is 114 Å². The van der Waals surface area contributed by atoms with Gasteiger partial charge in [-0.15, -0.1) is 0 Å². The molecule has 0 aliphatic rings. The Morgan fingerprint density at radius 3 is 1.49 bits per heavy atom. The number of nitrogens with zero attached hydrogens (tertiary/aromatic N) is 2. The molecule has 5 aromatic carbocycles. The first-order chi connectivity index (χ1) is 19.6. The lowest BCUT2D eigenvalue weighted by Gasteiger charge is -2.20. The molecule has 2 nitrogen and oxygen atoms in total. The predicted molar refractivity (Wildman–Crippen MR) is 174 cm³/mol. The molecule has 0 aliphatic carbocycles. The highest BCUT2D eigenvalue weighted by molar-refractivity contribution is 6.10. The van der Waals surface area contributed by atoms with Gasteiger partial charge in [0.05, 0.1) is 28.4 Å². The van der Waals surface area contributed by atoms with Gasteiger partial charge in [-0.2, -0.15) is 5.26 Å². The SMILES string of the molecule is CC(C)(C)c1ccc2c(c1)c1cc(C(C)(C)C)ccc1n2-c1cc(-c2ccccc2)cc(C#N)c1-c1ccccc1. The molecule has 0 unspecified atom stereocenters. The van der Waals surface area contributed by atoms with Crippen molar-refractivity contribution >= 4 is 21.8 Å². The van der Waals surface area contributed by atoms with Crippen LogP contribution in [0.5, 0.6) is 0 Å². The summed E-state index contributed by atoms with van der Waals surface area (Å²) < 4.78 is 2.37. The third-order valence-corrected chi connectivity index (χ3v) is 8.15. The van der Waals surface area contributed by atoms with Crippen LogP contribution in [0.25, 0.3) is 49.7 Å². The van der Waals surface area contributed by atoms with Gasteiger partial charge < -0.3 is 4.57 Å². The largest absolute Gasteiger partial charge is 0.309 e. The molecule has 6 aromatic rings. The van der Waals surface area contributed by atoms with E-state index in [4.69, 9.17) is 0 Å². The van der Waals surface area contributed by atoms with Crippen LogP contribution in [0.1, 0.15) is 58.2 Å². The number of rotatable bonds is 3. The fourth-order valence-electron chi connectivity index (χ4n) is 5.81. The third kappa shape index (κ3) is 4.72. The molecule has 2 heteroatoms. The highest BCUT2D eigenvalue weighted by atomic mass is 15.0. The van der Waals surface area contributed by atoms with Gasteiger partial charge in [0.1, 0.15) is 0 Å². The molecule has 202 valence electrons. The number of hydrogen-bond donors (Lipinski definition) is 0. The minimum atomic E-state index is 0.0284. The van der Waals surface area contributed by atoms with Crippen molar-refractivity contribution in [3.05, 3.63) is 126 Å². The Balaban J connectivity index is 1.79. The molecule has 0 fully saturated rings. The summed E-state index contributed by atoms with van der Waals surface area (Å²) in [6.45, 7) is 13.6. The predicted octanol–water partition coefficient (Wildman–Crippen LogP) is 10.6. The summed E-state index contributed by atoms with van der Waals surface area (Å²) in [5.41, 5.74) is 10.8. The Morgan fingerprint density at radius 2 is 1.02 bits per heavy atom. The van der Waals surface area contributed by atoms with Crippen LogP contribution in [0, 0.1) is 11.3 Å². The molecule has 1 aromatic heterocycles. The van der Waals surface area contributed by atoms with E-state index < -0.39 is 0 Å². The van der Waals surface area contributed by atoms with Crippen LogP contribution in [0.4, 0.5) is 0 Å². The van der Waals surface area contributed by atoms with E-state index in [9.17, 15) is 5.26 Å². The van der Waals surface area contributed by atoms with Crippen molar-refractivity contribution in [3.63, 3.8) is 0 Å². The summed E-state index contributed by atoms with van der Waals surface area (Å²) in [5.74, 6) is 0. The van der Waals surface area contributed by atoms with E-state index in [0.717, 1.165) is 39.0 Å². The standard InChI is InChI=1S/C39H36N2/c1-38(2,3)30-17-19-34-32(23-30)33-24-31(39(4,5)6)18-20-35(33)41(34)36-22-28(26-13-9-7-10-14-26)21-29(25-40)37(36)27-15-11-8-12-16-27/h7-24H,1-6H3. The minimum Gasteiger partial charge on any atom is -0.309 e. The number of fused-ring (bicyclic) bond motifs is 3. The van der Waals surface area contributed by atoms with E-state index >= 15 is 0 Å². The zero-order valence-corrected chi connectivity index (χ0v) is 24.8. The third-order valence-electron chi connectivity index (χ3n) is 8.15. The fourth-order valence-corrected chi connectivity index (χ4v) is 5.81. The van der Waals surface area contributed by atoms with Crippen LogP contribution in [0.3, 0.4) is 0 Å². The molecule has 0 amide bonds. The summed E-state index contributed by atoms with van der Waals surface area (Å²) in [4.78, 5) is 0. The van der Waals surface area contributed by atoms with Crippen molar-refractivity contribution in [1.29, 1.82) is 5.26 Å². The van der Waals surface area contributed by atoms with Crippen molar-refractivity contribution in [2.24, 2.45) is 0 Å². The molecule has 6 rings (SSSR count). The molecule has 0 radical (unpaired) electrons. The maximum absolute atomic E-state index is 10.5. The van der Waals surface area contributed by atoms with Gasteiger partial charge in [0.2, 0.25) is 0 Å². The Morgan fingerprint density at radius 1 is 0.537 bits per heavy atom. The number of hydrogen-bond acceptors (Lipinski definition) is 1. The first-order valence-corrected chi connectivity index (χ1v) is 14.3. The van der Waals surface area contributed by atoms with E-state index in [2.05, 4.69) is 131 Å². The summed E-state index contributed by atoms with van der Waals surface area (Å²) in [6.07, 6.45) is 0. The van der Waals surface area contributed by atoms with Crippen molar-refractivity contribution < 1.29 is 0 Å². The van der Waals surface area contributed by atoms with Gasteiger partial charge in [-0.05, 0) is 75.0 Å². The van der Waals surface area contributed by atoms with Crippen LogP contribution in [-0.4, -0.2) is 4.57 Å². The Kier molecular flexibility index (Phi) is 6.35. The molecule has 0 N–H and O–H groups in total. The molecule has 41 heavy (non-hydrogen) atoms. The molecule has 0 bridgehead atoms. The highest BCUT2D eigenvalue weighted by Crippen LogP contribution is 2.42. The van der Waals surface area contributed by atoms with Crippen LogP contribution < -0.4 is 0 Å². The molecule has 0 saturated heterocycles. The van der Waals surface area contributed by atoms with Gasteiger partial charge in [0, 0.05) is 16.3 Å². The molecule has 0 spiro atoms. The summed E-state index contributed by atoms with van der Waals surface area (Å²) in [6, 6.07) is 41.3. The molecular formula is C39H36N2. The number of nitriles is 1. The first-order valence-electron chi connectivity index (χ1n) is 14.3.